The van der Waals surface area contributed by atoms with Crippen LogP contribution in [0.2, 0.25) is 0 Å². The van der Waals surface area contributed by atoms with Crippen LogP contribution < -0.4 is 14.8 Å². The van der Waals surface area contributed by atoms with Crippen LogP contribution in [0.3, 0.4) is 0 Å². The molecule has 0 saturated heterocycles. The van der Waals surface area contributed by atoms with Gasteiger partial charge in [0.15, 0.2) is 23.0 Å². The second-order valence-electron chi connectivity index (χ2n) is 6.38. The van der Waals surface area contributed by atoms with Crippen LogP contribution >= 0.6 is 11.3 Å². The quantitative estimate of drug-likeness (QED) is 0.618. The van der Waals surface area contributed by atoms with Crippen LogP contribution in [-0.4, -0.2) is 41.6 Å². The molecule has 0 spiro atoms. The summed E-state index contributed by atoms with van der Waals surface area (Å²) in [6.45, 7) is 4.05. The van der Waals surface area contributed by atoms with Crippen LogP contribution in [-0.2, 0) is 0 Å². The predicted octanol–water partition coefficient (Wildman–Crippen LogP) is 2.26. The highest BCUT2D eigenvalue weighted by molar-refractivity contribution is 7.08. The fourth-order valence-electron chi connectivity index (χ4n) is 2.51. The maximum Gasteiger partial charge on any atom is 0.171 e. The molecule has 1 aromatic heterocycles. The molecule has 7 heteroatoms. The number of thiophene rings is 1. The number of hydrogen-bond donors (Lipinski definition) is 4. The number of phenolic OH excluding ortho intramolecular Hbond substituents is 2. The van der Waals surface area contributed by atoms with E-state index in [1.807, 2.05) is 10.8 Å². The molecule has 1 atom stereocenters. The van der Waals surface area contributed by atoms with E-state index in [1.54, 1.807) is 17.4 Å². The summed E-state index contributed by atoms with van der Waals surface area (Å²) >= 11 is 1.55. The Kier molecular flexibility index (Phi) is 4.84. The smallest absolute Gasteiger partial charge is 0.171 e. The third-order valence-corrected chi connectivity index (χ3v) is 4.72. The van der Waals surface area contributed by atoms with E-state index in [0.717, 1.165) is 11.5 Å². The molecule has 0 fully saturated rings. The third-order valence-electron chi connectivity index (χ3n) is 4.02. The lowest BCUT2D eigenvalue weighted by Crippen LogP contribution is -2.41. The van der Waals surface area contributed by atoms with Gasteiger partial charge in [-0.15, -0.1) is 11.3 Å². The SMILES string of the molecule is CC1(CNCC(O)c2ccc(O)c(O)c2)COc2cscc2OC1. The van der Waals surface area contributed by atoms with Crippen LogP contribution in [0.4, 0.5) is 0 Å². The largest absolute Gasteiger partial charge is 0.504 e. The van der Waals surface area contributed by atoms with Crippen LogP contribution in [0.25, 0.3) is 0 Å². The standard InChI is InChI=1S/C17H21NO5S/c1-17(9-22-15-6-24-7-16(15)23-10-17)8-18-5-14(21)11-2-3-12(19)13(20)4-11/h2-4,6-7,14,18-21H,5,8-10H2,1H3. The Morgan fingerprint density at radius 2 is 1.83 bits per heavy atom. The second kappa shape index (κ2) is 6.88. The van der Waals surface area contributed by atoms with Gasteiger partial charge in [0.2, 0.25) is 0 Å². The second-order valence-corrected chi connectivity index (χ2v) is 7.13. The van der Waals surface area contributed by atoms with Crippen molar-refractivity contribution in [2.24, 2.45) is 5.41 Å². The molecule has 0 saturated carbocycles. The molecule has 6 nitrogen and oxygen atoms in total. The van der Waals surface area contributed by atoms with Gasteiger partial charge in [-0.3, -0.25) is 0 Å². The first-order valence-corrected chi connectivity index (χ1v) is 8.64. The van der Waals surface area contributed by atoms with Gasteiger partial charge in [-0.05, 0) is 17.7 Å². The Bertz CT molecular complexity index is 680. The fourth-order valence-corrected chi connectivity index (χ4v) is 3.19. The Balaban J connectivity index is 1.52. The van der Waals surface area contributed by atoms with Crippen LogP contribution in [0.15, 0.2) is 29.0 Å². The van der Waals surface area contributed by atoms with Crippen molar-refractivity contribution < 1.29 is 24.8 Å². The van der Waals surface area contributed by atoms with Crippen molar-refractivity contribution >= 4 is 11.3 Å². The number of aliphatic hydroxyl groups is 1. The van der Waals surface area contributed by atoms with Crippen molar-refractivity contribution in [1.82, 2.24) is 5.32 Å². The predicted molar refractivity (Wildman–Crippen MR) is 91.0 cm³/mol. The van der Waals surface area contributed by atoms with Crippen molar-refractivity contribution in [3.63, 3.8) is 0 Å². The summed E-state index contributed by atoms with van der Waals surface area (Å²) in [6, 6.07) is 4.30. The van der Waals surface area contributed by atoms with Gasteiger partial charge in [-0.25, -0.2) is 0 Å². The first-order valence-electron chi connectivity index (χ1n) is 7.69. The maximum atomic E-state index is 10.2. The van der Waals surface area contributed by atoms with Crippen LogP contribution in [0.1, 0.15) is 18.6 Å². The molecule has 1 unspecified atom stereocenters. The molecule has 24 heavy (non-hydrogen) atoms. The Labute approximate surface area is 144 Å². The van der Waals surface area contributed by atoms with Gasteiger partial charge in [-0.1, -0.05) is 13.0 Å². The van der Waals surface area contributed by atoms with E-state index in [1.165, 1.54) is 12.1 Å². The molecule has 4 N–H and O–H groups in total. The number of aromatic hydroxyl groups is 2. The topological polar surface area (TPSA) is 91.2 Å². The minimum absolute atomic E-state index is 0.202. The van der Waals surface area contributed by atoms with E-state index >= 15 is 0 Å². The highest BCUT2D eigenvalue weighted by Crippen LogP contribution is 2.36. The minimum atomic E-state index is -0.783. The van der Waals surface area contributed by atoms with E-state index in [2.05, 4.69) is 12.2 Å². The van der Waals surface area contributed by atoms with Gasteiger partial charge in [0, 0.05) is 29.3 Å². The normalized spacial score (nSPS) is 17.2. The number of rotatable bonds is 5. The Morgan fingerprint density at radius 1 is 1.17 bits per heavy atom. The van der Waals surface area contributed by atoms with Gasteiger partial charge in [0.05, 0.1) is 19.3 Å². The fraction of sp³-hybridized carbons (Fsp3) is 0.412. The lowest BCUT2D eigenvalue weighted by Gasteiger charge is -2.27. The summed E-state index contributed by atoms with van der Waals surface area (Å²) in [5.74, 6) is 1.12. The third kappa shape index (κ3) is 3.75. The number of hydrogen-bond acceptors (Lipinski definition) is 7. The molecule has 3 rings (SSSR count). The van der Waals surface area contributed by atoms with Gasteiger partial charge >= 0.3 is 0 Å². The molecule has 1 aromatic carbocycles. The van der Waals surface area contributed by atoms with E-state index in [0.29, 0.717) is 31.9 Å². The van der Waals surface area contributed by atoms with Crippen molar-refractivity contribution in [2.75, 3.05) is 26.3 Å². The van der Waals surface area contributed by atoms with Crippen molar-refractivity contribution in [3.8, 4) is 23.0 Å². The molecular weight excluding hydrogens is 330 g/mol. The lowest BCUT2D eigenvalue weighted by molar-refractivity contribution is 0.109. The molecule has 1 aliphatic heterocycles. The molecule has 130 valence electrons. The molecule has 2 aromatic rings. The summed E-state index contributed by atoms with van der Waals surface area (Å²) in [6.07, 6.45) is -0.783. The van der Waals surface area contributed by atoms with Gasteiger partial charge in [0.1, 0.15) is 0 Å². The number of nitrogens with one attached hydrogen (secondary N) is 1. The number of fused-ring (bicyclic) bond motifs is 1. The summed E-state index contributed by atoms with van der Waals surface area (Å²) in [5.41, 5.74) is 0.325. The van der Waals surface area contributed by atoms with Gasteiger partial charge in [-0.2, -0.15) is 0 Å². The summed E-state index contributed by atoms with van der Waals surface area (Å²) in [5, 5.41) is 36.1. The zero-order valence-corrected chi connectivity index (χ0v) is 14.2. The van der Waals surface area contributed by atoms with E-state index in [-0.39, 0.29) is 16.9 Å². The monoisotopic (exact) mass is 351 g/mol. The van der Waals surface area contributed by atoms with Crippen molar-refractivity contribution in [3.05, 3.63) is 34.5 Å². The molecule has 0 amide bonds. The average molecular weight is 351 g/mol. The highest BCUT2D eigenvalue weighted by Gasteiger charge is 2.30. The summed E-state index contributed by atoms with van der Waals surface area (Å²) in [7, 11) is 0. The molecule has 0 radical (unpaired) electrons. The zero-order valence-electron chi connectivity index (χ0n) is 13.4. The minimum Gasteiger partial charge on any atom is -0.504 e. The van der Waals surface area contributed by atoms with Crippen LogP contribution in [0.5, 0.6) is 23.0 Å². The summed E-state index contributed by atoms with van der Waals surface area (Å²) < 4.78 is 11.6. The van der Waals surface area contributed by atoms with Gasteiger partial charge < -0.3 is 30.1 Å². The average Bonchev–Trinajstić information content (AvgIpc) is 2.95. The van der Waals surface area contributed by atoms with Crippen molar-refractivity contribution in [2.45, 2.75) is 13.0 Å². The first kappa shape index (κ1) is 16.9. The number of ether oxygens (including phenoxy) is 2. The maximum absolute atomic E-state index is 10.2. The first-order chi connectivity index (χ1) is 11.5. The number of phenols is 2. The van der Waals surface area contributed by atoms with E-state index < -0.39 is 6.10 Å². The van der Waals surface area contributed by atoms with E-state index in [4.69, 9.17) is 9.47 Å². The molecule has 2 heterocycles. The molecular formula is C17H21NO5S. The molecule has 0 bridgehead atoms. The number of aliphatic hydroxyl groups excluding tert-OH is 1. The molecule has 0 aliphatic carbocycles. The zero-order chi connectivity index (χ0) is 17.2. The van der Waals surface area contributed by atoms with E-state index in [9.17, 15) is 15.3 Å². The van der Waals surface area contributed by atoms with Crippen LogP contribution in [0, 0.1) is 5.41 Å². The highest BCUT2D eigenvalue weighted by atomic mass is 32.1. The lowest BCUT2D eigenvalue weighted by atomic mass is 9.93. The molecule has 1 aliphatic rings. The van der Waals surface area contributed by atoms with Crippen molar-refractivity contribution in [1.29, 1.82) is 0 Å². The number of benzene rings is 1. The summed E-state index contributed by atoms with van der Waals surface area (Å²) in [4.78, 5) is 0. The van der Waals surface area contributed by atoms with Gasteiger partial charge in [0.25, 0.3) is 0 Å². The Morgan fingerprint density at radius 3 is 2.46 bits per heavy atom. The Hall–Kier alpha value is -1.96.